The first-order chi connectivity index (χ1) is 15.5. The van der Waals surface area contributed by atoms with Gasteiger partial charge in [-0.25, -0.2) is 9.78 Å². The Morgan fingerprint density at radius 3 is 2.50 bits per heavy atom. The lowest BCUT2D eigenvalue weighted by molar-refractivity contribution is -0.129. The van der Waals surface area contributed by atoms with Crippen LogP contribution in [0, 0.1) is 0 Å². The number of thiophene rings is 1. The van der Waals surface area contributed by atoms with Crippen LogP contribution in [0.25, 0.3) is 21.3 Å². The van der Waals surface area contributed by atoms with E-state index in [1.165, 1.54) is 27.7 Å². The van der Waals surface area contributed by atoms with Crippen LogP contribution in [0.2, 0.25) is 0 Å². The minimum atomic E-state index is -0.340. The molecule has 1 aromatic carbocycles. The maximum Gasteiger partial charge on any atom is 0.409 e. The molecule has 4 rings (SSSR count). The molecule has 168 valence electrons. The van der Waals surface area contributed by atoms with Gasteiger partial charge in [-0.2, -0.15) is 0 Å². The van der Waals surface area contributed by atoms with Crippen molar-refractivity contribution < 1.29 is 14.3 Å². The number of benzene rings is 1. The zero-order valence-corrected chi connectivity index (χ0v) is 19.6. The molecule has 2 aromatic heterocycles. The average molecular weight is 473 g/mol. The van der Waals surface area contributed by atoms with Crippen molar-refractivity contribution in [2.45, 2.75) is 12.1 Å². The highest BCUT2D eigenvalue weighted by molar-refractivity contribution is 7.99. The first-order valence-electron chi connectivity index (χ1n) is 10.4. The predicted molar refractivity (Wildman–Crippen MR) is 126 cm³/mol. The molecule has 1 aliphatic heterocycles. The Labute approximate surface area is 193 Å². The molecule has 0 N–H and O–H groups in total. The third kappa shape index (κ3) is 4.51. The molecule has 3 heterocycles. The van der Waals surface area contributed by atoms with Crippen LogP contribution in [-0.4, -0.2) is 69.9 Å². The summed E-state index contributed by atoms with van der Waals surface area (Å²) in [6.45, 7) is 3.95. The molecule has 0 saturated carbocycles. The second-order valence-corrected chi connectivity index (χ2v) is 9.11. The Morgan fingerprint density at radius 1 is 1.12 bits per heavy atom. The number of hydrogen-bond acceptors (Lipinski definition) is 7. The number of nitrogens with zero attached hydrogens (tertiary/aromatic N) is 4. The zero-order chi connectivity index (χ0) is 22.7. The fraction of sp³-hybridized carbons (Fsp3) is 0.364. The SMILES string of the molecule is CCOC(=O)N1CCN(C(=O)CSc2nc3scc(-c4ccccc4)c3c(=O)n2C)CC1. The minimum absolute atomic E-state index is 0.0380. The Balaban J connectivity index is 1.44. The first kappa shape index (κ1) is 22.3. The second-order valence-electron chi connectivity index (χ2n) is 7.31. The van der Waals surface area contributed by atoms with Gasteiger partial charge < -0.3 is 14.5 Å². The smallest absolute Gasteiger partial charge is 0.409 e. The normalized spacial score (nSPS) is 14.1. The van der Waals surface area contributed by atoms with Crippen LogP contribution in [0.1, 0.15) is 6.92 Å². The summed E-state index contributed by atoms with van der Waals surface area (Å²) in [5, 5.41) is 3.08. The van der Waals surface area contributed by atoms with Crippen molar-refractivity contribution in [1.82, 2.24) is 19.4 Å². The summed E-state index contributed by atoms with van der Waals surface area (Å²) in [5.41, 5.74) is 1.74. The fourth-order valence-corrected chi connectivity index (χ4v) is 5.45. The van der Waals surface area contributed by atoms with E-state index in [0.29, 0.717) is 48.2 Å². The molecule has 0 radical (unpaired) electrons. The number of fused-ring (bicyclic) bond motifs is 1. The van der Waals surface area contributed by atoms with Crippen molar-refractivity contribution >= 4 is 45.3 Å². The van der Waals surface area contributed by atoms with Gasteiger partial charge in [-0.1, -0.05) is 42.1 Å². The molecule has 2 amide bonds. The van der Waals surface area contributed by atoms with Crippen molar-refractivity contribution in [1.29, 1.82) is 0 Å². The van der Waals surface area contributed by atoms with E-state index in [0.717, 1.165) is 11.1 Å². The molecule has 10 heteroatoms. The molecular weight excluding hydrogens is 448 g/mol. The third-order valence-corrected chi connectivity index (χ3v) is 7.23. The van der Waals surface area contributed by atoms with Crippen LogP contribution in [0.15, 0.2) is 45.7 Å². The number of carbonyl (C=O) groups is 2. The van der Waals surface area contributed by atoms with Gasteiger partial charge in [-0.15, -0.1) is 11.3 Å². The van der Waals surface area contributed by atoms with Crippen LogP contribution in [-0.2, 0) is 16.6 Å². The van der Waals surface area contributed by atoms with E-state index in [1.807, 2.05) is 35.7 Å². The molecule has 32 heavy (non-hydrogen) atoms. The average Bonchev–Trinajstić information content (AvgIpc) is 3.25. The molecule has 0 unspecified atom stereocenters. The van der Waals surface area contributed by atoms with Crippen LogP contribution in [0.3, 0.4) is 0 Å². The summed E-state index contributed by atoms with van der Waals surface area (Å²) >= 11 is 2.69. The number of aromatic nitrogens is 2. The van der Waals surface area contributed by atoms with Gasteiger partial charge in [0.05, 0.1) is 17.7 Å². The Kier molecular flexibility index (Phi) is 6.80. The van der Waals surface area contributed by atoms with Crippen LogP contribution >= 0.6 is 23.1 Å². The van der Waals surface area contributed by atoms with E-state index >= 15 is 0 Å². The monoisotopic (exact) mass is 472 g/mol. The summed E-state index contributed by atoms with van der Waals surface area (Å²) in [7, 11) is 1.69. The molecule has 1 saturated heterocycles. The molecule has 0 atom stereocenters. The third-order valence-electron chi connectivity index (χ3n) is 5.34. The van der Waals surface area contributed by atoms with Gasteiger partial charge in [0.25, 0.3) is 5.56 Å². The second kappa shape index (κ2) is 9.74. The number of rotatable bonds is 5. The lowest BCUT2D eigenvalue weighted by Crippen LogP contribution is -2.51. The van der Waals surface area contributed by atoms with E-state index in [4.69, 9.17) is 4.74 Å². The maximum absolute atomic E-state index is 13.1. The van der Waals surface area contributed by atoms with Gasteiger partial charge in [0.1, 0.15) is 4.83 Å². The Morgan fingerprint density at radius 2 is 1.81 bits per heavy atom. The Bertz CT molecular complexity index is 1180. The summed E-state index contributed by atoms with van der Waals surface area (Å²) in [6, 6.07) is 9.78. The molecule has 1 aliphatic rings. The molecule has 0 bridgehead atoms. The summed E-state index contributed by atoms with van der Waals surface area (Å²) in [6.07, 6.45) is -0.340. The largest absolute Gasteiger partial charge is 0.450 e. The molecule has 3 aromatic rings. The van der Waals surface area contributed by atoms with E-state index in [2.05, 4.69) is 4.98 Å². The molecule has 8 nitrogen and oxygen atoms in total. The molecule has 0 aliphatic carbocycles. The lowest BCUT2D eigenvalue weighted by atomic mass is 10.1. The quantitative estimate of drug-likeness (QED) is 0.419. The van der Waals surface area contributed by atoms with Crippen molar-refractivity contribution in [2.75, 3.05) is 38.5 Å². The lowest BCUT2D eigenvalue weighted by Gasteiger charge is -2.34. The standard InChI is InChI=1S/C22H24N4O4S2/c1-3-30-22(29)26-11-9-25(10-12-26)17(27)14-32-21-23-19-18(20(28)24(21)2)16(13-31-19)15-7-5-4-6-8-15/h4-8,13H,3,9-12,14H2,1-2H3. The van der Waals surface area contributed by atoms with E-state index in [9.17, 15) is 14.4 Å². The summed E-state index contributed by atoms with van der Waals surface area (Å²) in [5.74, 6) is 0.145. The maximum atomic E-state index is 13.1. The van der Waals surface area contributed by atoms with Gasteiger partial charge in [0.2, 0.25) is 5.91 Å². The van der Waals surface area contributed by atoms with Gasteiger partial charge in [0, 0.05) is 44.2 Å². The molecular formula is C22H24N4O4S2. The first-order valence-corrected chi connectivity index (χ1v) is 12.2. The van der Waals surface area contributed by atoms with Crippen LogP contribution in [0.4, 0.5) is 4.79 Å². The fourth-order valence-electron chi connectivity index (χ4n) is 3.58. The number of hydrogen-bond donors (Lipinski definition) is 0. The van der Waals surface area contributed by atoms with Crippen LogP contribution < -0.4 is 5.56 Å². The van der Waals surface area contributed by atoms with Gasteiger partial charge in [-0.05, 0) is 12.5 Å². The topological polar surface area (TPSA) is 84.7 Å². The van der Waals surface area contributed by atoms with E-state index < -0.39 is 0 Å². The highest BCUT2D eigenvalue weighted by Gasteiger charge is 2.25. The molecule has 0 spiro atoms. The van der Waals surface area contributed by atoms with Crippen molar-refractivity contribution in [2.24, 2.45) is 7.05 Å². The van der Waals surface area contributed by atoms with Gasteiger partial charge >= 0.3 is 6.09 Å². The number of amides is 2. The predicted octanol–water partition coefficient (Wildman–Crippen LogP) is 3.05. The number of thioether (sulfide) groups is 1. The van der Waals surface area contributed by atoms with Crippen LogP contribution in [0.5, 0.6) is 0 Å². The number of piperazine rings is 1. The summed E-state index contributed by atoms with van der Waals surface area (Å²) < 4.78 is 6.52. The minimum Gasteiger partial charge on any atom is -0.450 e. The summed E-state index contributed by atoms with van der Waals surface area (Å²) in [4.78, 5) is 46.2. The zero-order valence-electron chi connectivity index (χ0n) is 17.9. The van der Waals surface area contributed by atoms with Crippen molar-refractivity contribution in [3.8, 4) is 11.1 Å². The van der Waals surface area contributed by atoms with Crippen molar-refractivity contribution in [3.63, 3.8) is 0 Å². The Hall–Kier alpha value is -2.85. The van der Waals surface area contributed by atoms with Gasteiger partial charge in [-0.3, -0.25) is 14.2 Å². The highest BCUT2D eigenvalue weighted by atomic mass is 32.2. The highest BCUT2D eigenvalue weighted by Crippen LogP contribution is 2.31. The number of ether oxygens (including phenoxy) is 1. The van der Waals surface area contributed by atoms with E-state index in [-0.39, 0.29) is 23.3 Å². The molecule has 1 fully saturated rings. The van der Waals surface area contributed by atoms with Gasteiger partial charge in [0.15, 0.2) is 5.16 Å². The number of carbonyl (C=O) groups excluding carboxylic acids is 2. The van der Waals surface area contributed by atoms with E-state index in [1.54, 1.807) is 23.8 Å². The van der Waals surface area contributed by atoms with Crippen molar-refractivity contribution in [3.05, 3.63) is 46.1 Å².